The van der Waals surface area contributed by atoms with E-state index in [1.807, 2.05) is 78.1 Å². The van der Waals surface area contributed by atoms with E-state index in [9.17, 15) is 4.79 Å². The molecule has 1 aliphatic rings. The van der Waals surface area contributed by atoms with Gasteiger partial charge in [0.15, 0.2) is 0 Å². The maximum atomic E-state index is 13.2. The van der Waals surface area contributed by atoms with Crippen LogP contribution in [-0.2, 0) is 9.47 Å². The third-order valence-electron chi connectivity index (χ3n) is 5.16. The van der Waals surface area contributed by atoms with Gasteiger partial charge < -0.3 is 24.6 Å². The highest BCUT2D eigenvalue weighted by Crippen LogP contribution is 2.21. The van der Waals surface area contributed by atoms with Crippen LogP contribution in [-0.4, -0.2) is 102 Å². The van der Waals surface area contributed by atoms with Gasteiger partial charge in [0, 0.05) is 51.6 Å². The van der Waals surface area contributed by atoms with Gasteiger partial charge in [0.05, 0.1) is 41.0 Å². The highest BCUT2D eigenvalue weighted by atomic mass is 16.5. The van der Waals surface area contributed by atoms with Gasteiger partial charge in [-0.2, -0.15) is 4.98 Å². The molecule has 0 unspecified atom stereocenters. The lowest BCUT2D eigenvalue weighted by Crippen LogP contribution is -2.38. The molecule has 0 spiro atoms. The fraction of sp³-hybridized carbons (Fsp3) is 0.478. The van der Waals surface area contributed by atoms with Crippen molar-refractivity contribution in [1.29, 1.82) is 0 Å². The Bertz CT molecular complexity index is 972. The van der Waals surface area contributed by atoms with E-state index in [4.69, 9.17) is 14.5 Å². The van der Waals surface area contributed by atoms with Crippen molar-refractivity contribution in [2.75, 3.05) is 94.8 Å². The number of hydrogen-bond acceptors (Lipinski definition) is 7. The minimum Gasteiger partial charge on any atom is -0.383 e. The average Bonchev–Trinajstić information content (AvgIpc) is 2.82. The zero-order valence-corrected chi connectivity index (χ0v) is 20.1. The summed E-state index contributed by atoms with van der Waals surface area (Å²) in [7, 11) is 9.47. The third kappa shape index (κ3) is 6.87. The molecule has 33 heavy (non-hydrogen) atoms. The van der Waals surface area contributed by atoms with E-state index in [-0.39, 0.29) is 5.91 Å². The second-order valence-electron chi connectivity index (χ2n) is 8.12. The molecule has 0 radical (unpaired) electrons. The van der Waals surface area contributed by atoms with E-state index in [0.717, 1.165) is 5.69 Å². The number of nitrogens with zero attached hydrogens (tertiary/aromatic N) is 6. The van der Waals surface area contributed by atoms with E-state index in [1.54, 1.807) is 13.2 Å². The molecule has 10 heteroatoms. The van der Waals surface area contributed by atoms with Crippen molar-refractivity contribution < 1.29 is 18.8 Å². The predicted molar refractivity (Wildman–Crippen MR) is 131 cm³/mol. The second kappa shape index (κ2) is 11.6. The van der Waals surface area contributed by atoms with Gasteiger partial charge in [0.2, 0.25) is 12.3 Å². The van der Waals surface area contributed by atoms with Crippen LogP contribution in [0.5, 0.6) is 0 Å². The molecule has 1 aromatic heterocycles. The zero-order valence-electron chi connectivity index (χ0n) is 20.1. The van der Waals surface area contributed by atoms with Crippen molar-refractivity contribution in [3.8, 4) is 0 Å². The quantitative estimate of drug-likeness (QED) is 0.344. The Morgan fingerprint density at radius 3 is 2.70 bits per heavy atom. The summed E-state index contributed by atoms with van der Waals surface area (Å²) in [5.74, 6) is 0.909. The first-order valence-corrected chi connectivity index (χ1v) is 10.9. The average molecular weight is 457 g/mol. The standard InChI is InChI=1S/C23H33N7O3/c1-27(2)17-29(4)19-8-6-7-18(15-19)24-22(31)20-16-21(28(3)9-12-32-5)26-23(25-20)30-10-13-33-14-11-30/h6-8,15-17H,9-14H2,1-5H3/p+1. The summed E-state index contributed by atoms with van der Waals surface area (Å²) in [4.78, 5) is 28.4. The second-order valence-corrected chi connectivity index (χ2v) is 8.12. The molecule has 1 fully saturated rings. The van der Waals surface area contributed by atoms with Gasteiger partial charge in [-0.25, -0.2) is 9.88 Å². The van der Waals surface area contributed by atoms with Crippen LogP contribution in [0, 0.1) is 0 Å². The van der Waals surface area contributed by atoms with Crippen molar-refractivity contribution >= 4 is 35.4 Å². The van der Waals surface area contributed by atoms with Crippen LogP contribution in [0.3, 0.4) is 0 Å². The Hall–Kier alpha value is -3.24. The first-order valence-electron chi connectivity index (χ1n) is 10.9. The van der Waals surface area contributed by atoms with Crippen molar-refractivity contribution in [2.24, 2.45) is 0 Å². The van der Waals surface area contributed by atoms with E-state index in [0.29, 0.717) is 62.6 Å². The van der Waals surface area contributed by atoms with Crippen molar-refractivity contribution in [2.45, 2.75) is 0 Å². The smallest absolute Gasteiger partial charge is 0.274 e. The highest BCUT2D eigenvalue weighted by molar-refractivity contribution is 6.03. The number of amides is 1. The van der Waals surface area contributed by atoms with Gasteiger partial charge in [0.25, 0.3) is 5.91 Å². The van der Waals surface area contributed by atoms with Gasteiger partial charge in [-0.3, -0.25) is 9.37 Å². The number of rotatable bonds is 9. The number of carbonyl (C=O) groups excluding carboxylic acids is 1. The minimum atomic E-state index is -0.287. The topological polar surface area (TPSA) is 86.1 Å². The minimum absolute atomic E-state index is 0.287. The molecule has 3 rings (SSSR count). The SMILES string of the molecule is COCCN(C)c1cc(C(=O)Nc2cccc(N(C)C=[N+](C)C)c2)nc(N2CCOCC2)n1. The number of likely N-dealkylation sites (N-methyl/N-ethyl adjacent to an activating group) is 1. The predicted octanol–water partition coefficient (Wildman–Crippen LogP) is 1.38. The first kappa shape index (κ1) is 24.4. The number of ether oxygens (including phenoxy) is 2. The normalized spacial score (nSPS) is 13.4. The van der Waals surface area contributed by atoms with Crippen molar-refractivity contribution in [3.05, 3.63) is 36.0 Å². The molecular weight excluding hydrogens is 422 g/mol. The Kier molecular flexibility index (Phi) is 8.56. The van der Waals surface area contributed by atoms with Gasteiger partial charge in [-0.15, -0.1) is 0 Å². The van der Waals surface area contributed by atoms with Crippen LogP contribution in [0.25, 0.3) is 0 Å². The number of morpholine rings is 1. The summed E-state index contributed by atoms with van der Waals surface area (Å²) in [5.41, 5.74) is 1.96. The summed E-state index contributed by atoms with van der Waals surface area (Å²) in [6.07, 6.45) is 1.96. The van der Waals surface area contributed by atoms with Crippen molar-refractivity contribution in [3.63, 3.8) is 0 Å². The molecule has 0 saturated carbocycles. The summed E-state index contributed by atoms with van der Waals surface area (Å²) in [5, 5.41) is 2.98. The molecule has 0 atom stereocenters. The lowest BCUT2D eigenvalue weighted by atomic mass is 10.2. The van der Waals surface area contributed by atoms with Gasteiger partial charge in [0.1, 0.15) is 17.2 Å². The number of anilines is 4. The van der Waals surface area contributed by atoms with Crippen LogP contribution in [0.1, 0.15) is 10.5 Å². The molecule has 1 aliphatic heterocycles. The molecule has 2 heterocycles. The summed E-state index contributed by atoms with van der Waals surface area (Å²) < 4.78 is 12.6. The fourth-order valence-corrected chi connectivity index (χ4v) is 3.39. The van der Waals surface area contributed by atoms with E-state index >= 15 is 0 Å². The number of nitrogens with one attached hydrogen (secondary N) is 1. The fourth-order valence-electron chi connectivity index (χ4n) is 3.39. The van der Waals surface area contributed by atoms with E-state index in [2.05, 4.69) is 10.3 Å². The summed E-state index contributed by atoms with van der Waals surface area (Å²) in [6.45, 7) is 3.79. The highest BCUT2D eigenvalue weighted by Gasteiger charge is 2.20. The monoisotopic (exact) mass is 456 g/mol. The lowest BCUT2D eigenvalue weighted by molar-refractivity contribution is -0.460. The zero-order chi connectivity index (χ0) is 23.8. The van der Waals surface area contributed by atoms with E-state index in [1.165, 1.54) is 0 Å². The molecule has 10 nitrogen and oxygen atoms in total. The molecule has 1 N–H and O–H groups in total. The largest absolute Gasteiger partial charge is 0.383 e. The van der Waals surface area contributed by atoms with Crippen LogP contribution in [0.4, 0.5) is 23.1 Å². The molecule has 1 saturated heterocycles. The third-order valence-corrected chi connectivity index (χ3v) is 5.16. The Morgan fingerprint density at radius 2 is 2.00 bits per heavy atom. The first-order chi connectivity index (χ1) is 15.9. The number of carbonyl (C=O) groups is 1. The van der Waals surface area contributed by atoms with Crippen LogP contribution in [0.15, 0.2) is 30.3 Å². The Labute approximate surface area is 195 Å². The Morgan fingerprint density at radius 1 is 1.24 bits per heavy atom. The maximum absolute atomic E-state index is 13.2. The van der Waals surface area contributed by atoms with Crippen molar-refractivity contribution in [1.82, 2.24) is 9.97 Å². The van der Waals surface area contributed by atoms with Gasteiger partial charge in [-0.05, 0) is 12.1 Å². The van der Waals surface area contributed by atoms with Crippen LogP contribution >= 0.6 is 0 Å². The van der Waals surface area contributed by atoms with Gasteiger partial charge >= 0.3 is 0 Å². The molecule has 0 aliphatic carbocycles. The molecule has 1 amide bonds. The summed E-state index contributed by atoms with van der Waals surface area (Å²) >= 11 is 0. The summed E-state index contributed by atoms with van der Waals surface area (Å²) in [6, 6.07) is 9.40. The molecule has 2 aromatic rings. The molecular formula is C23H34N7O3+. The molecule has 0 bridgehead atoms. The lowest BCUT2D eigenvalue weighted by Gasteiger charge is -2.28. The number of aromatic nitrogens is 2. The maximum Gasteiger partial charge on any atom is 0.274 e. The van der Waals surface area contributed by atoms with Crippen LogP contribution < -0.4 is 20.0 Å². The number of benzene rings is 1. The number of methoxy groups -OCH3 is 1. The Balaban J connectivity index is 1.86. The molecule has 178 valence electrons. The number of hydrogen-bond donors (Lipinski definition) is 1. The van der Waals surface area contributed by atoms with Gasteiger partial charge in [-0.1, -0.05) is 6.07 Å². The molecule has 1 aromatic carbocycles. The van der Waals surface area contributed by atoms with E-state index < -0.39 is 0 Å². The van der Waals surface area contributed by atoms with Crippen LogP contribution in [0.2, 0.25) is 0 Å².